The van der Waals surface area contributed by atoms with Crippen molar-refractivity contribution in [2.45, 2.75) is 38.8 Å². The maximum atomic E-state index is 14.0. The van der Waals surface area contributed by atoms with Gasteiger partial charge in [-0.15, -0.1) is 0 Å². The van der Waals surface area contributed by atoms with Crippen LogP contribution in [0.3, 0.4) is 0 Å². The molecule has 0 unspecified atom stereocenters. The molecule has 0 aromatic heterocycles. The van der Waals surface area contributed by atoms with E-state index in [1.807, 2.05) is 11.8 Å². The first-order valence-electron chi connectivity index (χ1n) is 7.54. The molecular formula is C16H20ClFN2O3. The van der Waals surface area contributed by atoms with E-state index in [0.29, 0.717) is 24.9 Å². The summed E-state index contributed by atoms with van der Waals surface area (Å²) in [5.41, 5.74) is 0.513. The number of carboxylic acid groups (broad SMARTS) is 1. The van der Waals surface area contributed by atoms with E-state index in [1.165, 1.54) is 6.07 Å². The molecule has 1 amide bonds. The number of rotatable bonds is 6. The molecule has 1 aliphatic rings. The number of carbonyl (C=O) groups is 2. The molecule has 1 fully saturated rings. The van der Waals surface area contributed by atoms with Crippen LogP contribution in [0.5, 0.6) is 0 Å². The number of hydrogen-bond acceptors (Lipinski definition) is 3. The Kier molecular flexibility index (Phi) is 5.59. The Morgan fingerprint density at radius 3 is 2.65 bits per heavy atom. The number of likely N-dealkylation sites (N-methyl/N-ethyl adjacent to an activating group) is 1. The van der Waals surface area contributed by atoms with Gasteiger partial charge in [0.25, 0.3) is 5.91 Å². The first-order valence-corrected chi connectivity index (χ1v) is 7.92. The van der Waals surface area contributed by atoms with Gasteiger partial charge in [0.05, 0.1) is 17.1 Å². The minimum absolute atomic E-state index is 0.00989. The van der Waals surface area contributed by atoms with Crippen molar-refractivity contribution in [2.75, 3.05) is 13.1 Å². The number of benzene rings is 1. The van der Waals surface area contributed by atoms with Crippen LogP contribution in [-0.4, -0.2) is 47.1 Å². The molecule has 0 bridgehead atoms. The van der Waals surface area contributed by atoms with E-state index in [4.69, 9.17) is 16.7 Å². The highest BCUT2D eigenvalue weighted by Gasteiger charge is 2.35. The van der Waals surface area contributed by atoms with Crippen molar-refractivity contribution in [3.63, 3.8) is 0 Å². The Labute approximate surface area is 139 Å². The molecule has 1 saturated carbocycles. The van der Waals surface area contributed by atoms with Gasteiger partial charge in [0.2, 0.25) is 0 Å². The van der Waals surface area contributed by atoms with Gasteiger partial charge in [0.1, 0.15) is 0 Å². The van der Waals surface area contributed by atoms with Crippen molar-refractivity contribution in [3.8, 4) is 0 Å². The Balaban J connectivity index is 1.92. The molecule has 126 valence electrons. The van der Waals surface area contributed by atoms with E-state index in [-0.39, 0.29) is 29.2 Å². The van der Waals surface area contributed by atoms with Gasteiger partial charge in [-0.25, -0.2) is 4.39 Å². The molecule has 0 spiro atoms. The zero-order chi connectivity index (χ0) is 17.1. The molecule has 0 atom stereocenters. The van der Waals surface area contributed by atoms with Gasteiger partial charge >= 0.3 is 5.97 Å². The third-order valence-electron chi connectivity index (χ3n) is 4.23. The third kappa shape index (κ3) is 4.00. The van der Waals surface area contributed by atoms with Gasteiger partial charge < -0.3 is 10.4 Å². The predicted molar refractivity (Wildman–Crippen MR) is 85.3 cm³/mol. The molecule has 7 heteroatoms. The summed E-state index contributed by atoms with van der Waals surface area (Å²) in [5.74, 6) is -2.06. The van der Waals surface area contributed by atoms with Crippen molar-refractivity contribution in [3.05, 3.63) is 34.1 Å². The maximum absolute atomic E-state index is 14.0. The summed E-state index contributed by atoms with van der Waals surface area (Å²) in [5, 5.41) is 11.6. The summed E-state index contributed by atoms with van der Waals surface area (Å²) in [6, 6.07) is 3.09. The number of nitrogens with one attached hydrogen (secondary N) is 1. The number of carboxylic acids is 1. The van der Waals surface area contributed by atoms with Crippen LogP contribution in [0.4, 0.5) is 4.39 Å². The molecule has 0 heterocycles. The second-order valence-electron chi connectivity index (χ2n) is 5.81. The minimum Gasteiger partial charge on any atom is -0.480 e. The number of aryl methyl sites for hydroxylation is 1. The fraction of sp³-hybridized carbons (Fsp3) is 0.500. The average molecular weight is 343 g/mol. The van der Waals surface area contributed by atoms with Crippen molar-refractivity contribution < 1.29 is 19.1 Å². The lowest BCUT2D eigenvalue weighted by molar-refractivity contribution is -0.139. The van der Waals surface area contributed by atoms with Crippen LogP contribution in [0.15, 0.2) is 12.1 Å². The van der Waals surface area contributed by atoms with Crippen LogP contribution >= 0.6 is 11.6 Å². The summed E-state index contributed by atoms with van der Waals surface area (Å²) in [6.07, 6.45) is 1.32. The summed E-state index contributed by atoms with van der Waals surface area (Å²) >= 11 is 5.83. The standard InChI is InChI=1S/C16H20ClFN2O3/c1-3-20(8-13(21)22)11-6-10(7-11)19-16(23)12-5-4-9(2)14(17)15(12)18/h4-5,10-11H,3,6-8H2,1-2H3,(H,19,23)(H,21,22). The highest BCUT2D eigenvalue weighted by molar-refractivity contribution is 6.31. The quantitative estimate of drug-likeness (QED) is 0.833. The normalized spacial score (nSPS) is 20.2. The van der Waals surface area contributed by atoms with Gasteiger partial charge in [-0.2, -0.15) is 0 Å². The Morgan fingerprint density at radius 2 is 2.09 bits per heavy atom. The number of nitrogens with zero attached hydrogens (tertiary/aromatic N) is 1. The molecule has 1 aromatic rings. The van der Waals surface area contributed by atoms with Crippen molar-refractivity contribution in [2.24, 2.45) is 0 Å². The first-order chi connectivity index (χ1) is 10.8. The molecule has 5 nitrogen and oxygen atoms in total. The summed E-state index contributed by atoms with van der Waals surface area (Å²) < 4.78 is 14.0. The van der Waals surface area contributed by atoms with Gasteiger partial charge in [-0.3, -0.25) is 14.5 Å². The second kappa shape index (κ2) is 7.27. The highest BCUT2D eigenvalue weighted by Crippen LogP contribution is 2.27. The average Bonchev–Trinajstić information content (AvgIpc) is 2.45. The number of hydrogen-bond donors (Lipinski definition) is 2. The van der Waals surface area contributed by atoms with Crippen molar-refractivity contribution in [1.82, 2.24) is 10.2 Å². The molecule has 0 radical (unpaired) electrons. The Bertz CT molecular complexity index is 618. The third-order valence-corrected chi connectivity index (χ3v) is 4.69. The van der Waals surface area contributed by atoms with Gasteiger partial charge in [0, 0.05) is 12.1 Å². The molecule has 1 aliphatic carbocycles. The maximum Gasteiger partial charge on any atom is 0.317 e. The van der Waals surface area contributed by atoms with Crippen molar-refractivity contribution >= 4 is 23.5 Å². The van der Waals surface area contributed by atoms with E-state index in [2.05, 4.69) is 5.32 Å². The van der Waals surface area contributed by atoms with E-state index < -0.39 is 17.7 Å². The predicted octanol–water partition coefficient (Wildman–Crippen LogP) is 2.45. The van der Waals surface area contributed by atoms with E-state index in [0.717, 1.165) is 0 Å². The minimum atomic E-state index is -0.865. The zero-order valence-electron chi connectivity index (χ0n) is 13.1. The number of aliphatic carboxylic acids is 1. The summed E-state index contributed by atoms with van der Waals surface area (Å²) in [4.78, 5) is 24.8. The lowest BCUT2D eigenvalue weighted by Crippen LogP contribution is -2.54. The van der Waals surface area contributed by atoms with Crippen LogP contribution in [0.2, 0.25) is 5.02 Å². The fourth-order valence-electron chi connectivity index (χ4n) is 2.76. The van der Waals surface area contributed by atoms with E-state index >= 15 is 0 Å². The van der Waals surface area contributed by atoms with Gasteiger partial charge in [-0.05, 0) is 37.9 Å². The molecule has 1 aromatic carbocycles. The molecule has 2 N–H and O–H groups in total. The lowest BCUT2D eigenvalue weighted by Gasteiger charge is -2.42. The number of amides is 1. The molecule has 0 aliphatic heterocycles. The lowest BCUT2D eigenvalue weighted by atomic mass is 9.85. The first kappa shape index (κ1) is 17.7. The summed E-state index contributed by atoms with van der Waals surface area (Å²) in [7, 11) is 0. The van der Waals surface area contributed by atoms with E-state index in [1.54, 1.807) is 13.0 Å². The SMILES string of the molecule is CCN(CC(=O)O)C1CC(NC(=O)c2ccc(C)c(Cl)c2F)C1. The Morgan fingerprint density at radius 1 is 1.43 bits per heavy atom. The molecule has 23 heavy (non-hydrogen) atoms. The second-order valence-corrected chi connectivity index (χ2v) is 6.19. The highest BCUT2D eigenvalue weighted by atomic mass is 35.5. The molecule has 2 rings (SSSR count). The molecule has 0 saturated heterocycles. The van der Waals surface area contributed by atoms with Crippen molar-refractivity contribution in [1.29, 1.82) is 0 Å². The summed E-state index contributed by atoms with van der Waals surface area (Å²) in [6.45, 7) is 4.20. The van der Waals surface area contributed by atoms with Crippen LogP contribution in [-0.2, 0) is 4.79 Å². The Hall–Kier alpha value is -1.66. The van der Waals surface area contributed by atoms with Gasteiger partial charge in [0.15, 0.2) is 5.82 Å². The zero-order valence-corrected chi connectivity index (χ0v) is 13.9. The van der Waals surface area contributed by atoms with Crippen LogP contribution in [0.25, 0.3) is 0 Å². The van der Waals surface area contributed by atoms with Crippen LogP contribution in [0, 0.1) is 12.7 Å². The smallest absolute Gasteiger partial charge is 0.317 e. The van der Waals surface area contributed by atoms with Gasteiger partial charge in [-0.1, -0.05) is 24.6 Å². The topological polar surface area (TPSA) is 69.6 Å². The monoisotopic (exact) mass is 342 g/mol. The largest absolute Gasteiger partial charge is 0.480 e. The number of carbonyl (C=O) groups excluding carboxylic acids is 1. The van der Waals surface area contributed by atoms with Crippen LogP contribution < -0.4 is 5.32 Å². The van der Waals surface area contributed by atoms with Crippen LogP contribution in [0.1, 0.15) is 35.7 Å². The van der Waals surface area contributed by atoms with E-state index in [9.17, 15) is 14.0 Å². The molecular weight excluding hydrogens is 323 g/mol. The fourth-order valence-corrected chi connectivity index (χ4v) is 2.93. The number of halogens is 2.